The van der Waals surface area contributed by atoms with Gasteiger partial charge in [0.15, 0.2) is 6.10 Å². The zero-order valence-corrected chi connectivity index (χ0v) is 4.63. The highest BCUT2D eigenvalue weighted by atomic mass is 16.5. The third-order valence-electron chi connectivity index (χ3n) is 1.30. The van der Waals surface area contributed by atoms with Crippen LogP contribution in [0.1, 0.15) is 6.92 Å². The zero-order chi connectivity index (χ0) is 6.15. The molecule has 1 saturated heterocycles. The molecule has 8 heavy (non-hydrogen) atoms. The maximum absolute atomic E-state index is 10.1. The van der Waals surface area contributed by atoms with E-state index in [4.69, 9.17) is 9.84 Å². The Morgan fingerprint density at radius 2 is 2.50 bits per heavy atom. The molecule has 1 aliphatic heterocycles. The van der Waals surface area contributed by atoms with Gasteiger partial charge in [0, 0.05) is 5.92 Å². The number of carboxylic acids is 1. The average Bonchev–Trinajstić information content (AvgIpc) is 1.61. The molecule has 1 aliphatic rings. The van der Waals surface area contributed by atoms with Crippen molar-refractivity contribution in [1.82, 2.24) is 0 Å². The summed E-state index contributed by atoms with van der Waals surface area (Å²) in [6, 6.07) is 0. The highest BCUT2D eigenvalue weighted by Crippen LogP contribution is 2.18. The first-order chi connectivity index (χ1) is 3.72. The maximum Gasteiger partial charge on any atom is 0.333 e. The molecule has 1 rings (SSSR count). The molecule has 1 fully saturated rings. The van der Waals surface area contributed by atoms with Crippen LogP contribution in [-0.2, 0) is 9.53 Å². The van der Waals surface area contributed by atoms with Crippen LogP contribution >= 0.6 is 0 Å². The second-order valence-electron chi connectivity index (χ2n) is 2.07. The minimum Gasteiger partial charge on any atom is -0.479 e. The molecule has 0 radical (unpaired) electrons. The van der Waals surface area contributed by atoms with Gasteiger partial charge < -0.3 is 9.84 Å². The Hall–Kier alpha value is -0.570. The molecule has 0 aromatic rings. The highest BCUT2D eigenvalue weighted by Gasteiger charge is 2.33. The smallest absolute Gasteiger partial charge is 0.333 e. The Balaban J connectivity index is 2.37. The summed E-state index contributed by atoms with van der Waals surface area (Å²) in [4.78, 5) is 10.1. The summed E-state index contributed by atoms with van der Waals surface area (Å²) in [7, 11) is 0. The molecule has 0 bridgehead atoms. The van der Waals surface area contributed by atoms with E-state index >= 15 is 0 Å². The van der Waals surface area contributed by atoms with Crippen LogP contribution < -0.4 is 0 Å². The third kappa shape index (κ3) is 0.690. The van der Waals surface area contributed by atoms with Gasteiger partial charge >= 0.3 is 5.97 Å². The summed E-state index contributed by atoms with van der Waals surface area (Å²) < 4.78 is 4.70. The van der Waals surface area contributed by atoms with Gasteiger partial charge in [-0.3, -0.25) is 0 Å². The fraction of sp³-hybridized carbons (Fsp3) is 0.800. The molecule has 2 atom stereocenters. The summed E-state index contributed by atoms with van der Waals surface area (Å²) in [6.45, 7) is 2.46. The van der Waals surface area contributed by atoms with E-state index in [1.165, 1.54) is 0 Å². The van der Waals surface area contributed by atoms with E-state index in [1.807, 2.05) is 6.92 Å². The standard InChI is InChI=1S/C5H8O3/c1-3-2-8-4(3)5(6)7/h3-4H,2H2,1H3,(H,6,7)/t3-,4+/m1/s1. The molecular formula is C5H8O3. The van der Waals surface area contributed by atoms with Crippen molar-refractivity contribution in [3.63, 3.8) is 0 Å². The van der Waals surface area contributed by atoms with Crippen LogP contribution in [0.2, 0.25) is 0 Å². The van der Waals surface area contributed by atoms with Crippen molar-refractivity contribution in [1.29, 1.82) is 0 Å². The SMILES string of the molecule is C[C@@H]1CO[C@@H]1C(=O)O. The first kappa shape index (κ1) is 5.56. The van der Waals surface area contributed by atoms with Crippen LogP contribution in [0, 0.1) is 5.92 Å². The van der Waals surface area contributed by atoms with Crippen LogP contribution in [0.3, 0.4) is 0 Å². The quantitative estimate of drug-likeness (QED) is 0.528. The molecule has 0 saturated carbocycles. The topological polar surface area (TPSA) is 46.5 Å². The van der Waals surface area contributed by atoms with Gasteiger partial charge in [0.2, 0.25) is 0 Å². The number of rotatable bonds is 1. The lowest BCUT2D eigenvalue weighted by Crippen LogP contribution is -2.43. The van der Waals surface area contributed by atoms with Gasteiger partial charge in [0.25, 0.3) is 0 Å². The van der Waals surface area contributed by atoms with Gasteiger partial charge in [0.1, 0.15) is 0 Å². The molecule has 0 unspecified atom stereocenters. The van der Waals surface area contributed by atoms with E-state index < -0.39 is 12.1 Å². The number of hydrogen-bond acceptors (Lipinski definition) is 2. The van der Waals surface area contributed by atoms with Crippen LogP contribution in [0.25, 0.3) is 0 Å². The molecular weight excluding hydrogens is 108 g/mol. The molecule has 1 N–H and O–H groups in total. The summed E-state index contributed by atoms with van der Waals surface area (Å²) in [6.07, 6.45) is -0.532. The van der Waals surface area contributed by atoms with Crippen molar-refractivity contribution in [3.8, 4) is 0 Å². The van der Waals surface area contributed by atoms with Crippen molar-refractivity contribution in [2.75, 3.05) is 6.61 Å². The first-order valence-corrected chi connectivity index (χ1v) is 2.56. The fourth-order valence-electron chi connectivity index (χ4n) is 0.700. The minimum atomic E-state index is -0.844. The Kier molecular flexibility index (Phi) is 1.21. The molecule has 46 valence electrons. The van der Waals surface area contributed by atoms with Crippen LogP contribution in [0.4, 0.5) is 0 Å². The van der Waals surface area contributed by atoms with E-state index in [0.717, 1.165) is 0 Å². The van der Waals surface area contributed by atoms with Gasteiger partial charge in [-0.15, -0.1) is 0 Å². The second-order valence-corrected chi connectivity index (χ2v) is 2.07. The normalized spacial score (nSPS) is 36.1. The first-order valence-electron chi connectivity index (χ1n) is 2.56. The molecule has 3 nitrogen and oxygen atoms in total. The van der Waals surface area contributed by atoms with Crippen molar-refractivity contribution in [2.24, 2.45) is 5.92 Å². The zero-order valence-electron chi connectivity index (χ0n) is 4.63. The lowest BCUT2D eigenvalue weighted by Gasteiger charge is -2.30. The number of aliphatic carboxylic acids is 1. The Morgan fingerprint density at radius 1 is 1.88 bits per heavy atom. The van der Waals surface area contributed by atoms with Gasteiger partial charge in [-0.1, -0.05) is 6.92 Å². The number of carbonyl (C=O) groups is 1. The maximum atomic E-state index is 10.1. The van der Waals surface area contributed by atoms with Gasteiger partial charge in [-0.2, -0.15) is 0 Å². The lowest BCUT2D eigenvalue weighted by atomic mass is 10.0. The van der Waals surface area contributed by atoms with Gasteiger partial charge in [-0.05, 0) is 0 Å². The second kappa shape index (κ2) is 1.74. The molecule has 0 amide bonds. The summed E-state index contributed by atoms with van der Waals surface area (Å²) in [5, 5.41) is 8.28. The molecule has 0 aliphatic carbocycles. The number of carboxylic acid groups (broad SMARTS) is 1. The molecule has 0 aromatic heterocycles. The highest BCUT2D eigenvalue weighted by molar-refractivity contribution is 5.73. The monoisotopic (exact) mass is 116 g/mol. The average molecular weight is 116 g/mol. The predicted octanol–water partition coefficient (Wildman–Crippen LogP) is 0.106. The molecule has 0 spiro atoms. The molecule has 1 heterocycles. The summed E-state index contributed by atoms with van der Waals surface area (Å²) in [5.74, 6) is -0.642. The molecule has 3 heteroatoms. The lowest BCUT2D eigenvalue weighted by molar-refractivity contribution is -0.175. The summed E-state index contributed by atoms with van der Waals surface area (Å²) in [5.41, 5.74) is 0. The largest absolute Gasteiger partial charge is 0.479 e. The van der Waals surface area contributed by atoms with Gasteiger partial charge in [-0.25, -0.2) is 4.79 Å². The van der Waals surface area contributed by atoms with E-state index in [0.29, 0.717) is 6.61 Å². The van der Waals surface area contributed by atoms with E-state index in [9.17, 15) is 4.79 Å². The van der Waals surface area contributed by atoms with Crippen LogP contribution in [0.15, 0.2) is 0 Å². The third-order valence-corrected chi connectivity index (χ3v) is 1.30. The summed E-state index contributed by atoms with van der Waals surface area (Å²) >= 11 is 0. The van der Waals surface area contributed by atoms with Crippen molar-refractivity contribution in [2.45, 2.75) is 13.0 Å². The van der Waals surface area contributed by atoms with Crippen molar-refractivity contribution >= 4 is 5.97 Å². The van der Waals surface area contributed by atoms with Crippen molar-refractivity contribution < 1.29 is 14.6 Å². The fourth-order valence-corrected chi connectivity index (χ4v) is 0.700. The Labute approximate surface area is 47.3 Å². The predicted molar refractivity (Wildman–Crippen MR) is 26.5 cm³/mol. The molecule has 0 aromatic carbocycles. The van der Waals surface area contributed by atoms with E-state index in [1.54, 1.807) is 0 Å². The minimum absolute atomic E-state index is 0.201. The van der Waals surface area contributed by atoms with Crippen molar-refractivity contribution in [3.05, 3.63) is 0 Å². The number of ether oxygens (including phenoxy) is 1. The van der Waals surface area contributed by atoms with E-state index in [-0.39, 0.29) is 5.92 Å². The van der Waals surface area contributed by atoms with Crippen LogP contribution in [-0.4, -0.2) is 23.8 Å². The van der Waals surface area contributed by atoms with E-state index in [2.05, 4.69) is 0 Å². The Bertz CT molecular complexity index is 110. The van der Waals surface area contributed by atoms with Gasteiger partial charge in [0.05, 0.1) is 6.61 Å². The number of hydrogen-bond donors (Lipinski definition) is 1. The van der Waals surface area contributed by atoms with Crippen LogP contribution in [0.5, 0.6) is 0 Å². The Morgan fingerprint density at radius 3 is 2.50 bits per heavy atom.